The molecule has 0 aromatic heterocycles. The Balaban J connectivity index is -0.000000405. The molecule has 0 saturated heterocycles. The molecule has 0 heterocycles. The molecule has 0 bridgehead atoms. The minimum Gasteiger partial charge on any atom is -1.00 e. The summed E-state index contributed by atoms with van der Waals surface area (Å²) >= 11 is 0. The van der Waals surface area contributed by atoms with Crippen molar-refractivity contribution in [2.45, 2.75) is 52.2 Å². The molecule has 0 aromatic rings. The van der Waals surface area contributed by atoms with Gasteiger partial charge in [0.15, 0.2) is 0 Å². The van der Waals surface area contributed by atoms with E-state index in [2.05, 4.69) is 32.6 Å². The minimum atomic E-state index is -0.832. The molecule has 0 rings (SSSR count). The summed E-state index contributed by atoms with van der Waals surface area (Å²) in [5.41, 5.74) is 0. The summed E-state index contributed by atoms with van der Waals surface area (Å²) in [6, 6.07) is 2.56. The van der Waals surface area contributed by atoms with Gasteiger partial charge in [0.25, 0.3) is 0 Å². The Labute approximate surface area is 106 Å². The zero-order chi connectivity index (χ0) is 8.04. The number of halogens is 1. The van der Waals surface area contributed by atoms with Gasteiger partial charge in [-0.2, -0.15) is 6.42 Å². The Morgan fingerprint density at radius 1 is 1.08 bits per heavy atom. The van der Waals surface area contributed by atoms with Crippen molar-refractivity contribution in [1.82, 2.24) is 0 Å². The van der Waals surface area contributed by atoms with Crippen LogP contribution in [0.3, 0.4) is 0 Å². The predicted molar refractivity (Wildman–Crippen MR) is 57.5 cm³/mol. The third-order valence-electron chi connectivity index (χ3n) is 1.56. The van der Waals surface area contributed by atoms with Crippen molar-refractivity contribution in [1.29, 1.82) is 0 Å². The Hall–Kier alpha value is 1.46. The average Bonchev–Trinajstić information content (AvgIpc) is 1.78. The van der Waals surface area contributed by atoms with E-state index in [0.29, 0.717) is 0 Å². The second-order valence-electron chi connectivity index (χ2n) is 4.07. The second-order valence-corrected chi connectivity index (χ2v) is 9.21. The van der Waals surface area contributed by atoms with Crippen molar-refractivity contribution in [3.8, 4) is 0 Å². The summed E-state index contributed by atoms with van der Waals surface area (Å²) in [5.74, 6) is 0. The molecule has 0 radical (unpaired) electrons. The van der Waals surface area contributed by atoms with Crippen molar-refractivity contribution >= 4 is 31.1 Å². The Morgan fingerprint density at radius 3 is 1.92 bits per heavy atom. The van der Waals surface area contributed by atoms with Gasteiger partial charge < -0.3 is 23.0 Å². The second kappa shape index (κ2) is 10.5. The van der Waals surface area contributed by atoms with Crippen molar-refractivity contribution in [3.05, 3.63) is 6.04 Å². The molecule has 3 heteroatoms. The molecule has 0 amide bonds. The molecule has 0 N–H and O–H groups in total. The molecule has 0 atom stereocenters. The summed E-state index contributed by atoms with van der Waals surface area (Å²) in [4.78, 5) is 0. The maximum Gasteiger partial charge on any atom is 2.00 e. The van der Waals surface area contributed by atoms with E-state index >= 15 is 0 Å². The van der Waals surface area contributed by atoms with Crippen LogP contribution in [0, 0.1) is 6.04 Å². The summed E-state index contributed by atoms with van der Waals surface area (Å²) in [5, 5.41) is 0. The molecule has 0 unspecified atom stereocenters. The van der Waals surface area contributed by atoms with Crippen molar-refractivity contribution < 1.29 is 17.0 Å². The van der Waals surface area contributed by atoms with Crippen LogP contribution in [0.5, 0.6) is 0 Å². The smallest absolute Gasteiger partial charge is 1.00 e. The maximum absolute atomic E-state index is 2.56. The molecule has 0 nitrogen and oxygen atoms in total. The van der Waals surface area contributed by atoms with Crippen LogP contribution in [0.15, 0.2) is 0 Å². The Bertz CT molecular complexity index is 81.1. The van der Waals surface area contributed by atoms with Crippen LogP contribution in [-0.4, -0.2) is 31.1 Å². The van der Waals surface area contributed by atoms with E-state index in [1.807, 2.05) is 0 Å². The molecule has 0 saturated carbocycles. The van der Waals surface area contributed by atoms with Crippen LogP contribution in [0.25, 0.3) is 0 Å². The summed E-state index contributed by atoms with van der Waals surface area (Å²) < 4.78 is 0. The molecule has 0 aliphatic heterocycles. The van der Waals surface area contributed by atoms with Gasteiger partial charge in [-0.15, -0.1) is 8.07 Å². The van der Waals surface area contributed by atoms with Gasteiger partial charge in [-0.05, 0) is 0 Å². The van der Waals surface area contributed by atoms with Crippen LogP contribution in [0.1, 0.15) is 32.6 Å². The zero-order valence-corrected chi connectivity index (χ0v) is 13.0. The van der Waals surface area contributed by atoms with Crippen molar-refractivity contribution in [2.24, 2.45) is 0 Å². The third kappa shape index (κ3) is 17.5. The fourth-order valence-corrected chi connectivity index (χ4v) is 2.00. The first-order valence-electron chi connectivity index (χ1n) is 4.40. The van der Waals surface area contributed by atoms with Crippen LogP contribution in [0.4, 0.5) is 0 Å². The predicted octanol–water partition coefficient (Wildman–Crippen LogP) is 0.272. The first kappa shape index (κ1) is 19.1. The molecular weight excluding hydrogens is 240 g/mol. The number of hydrogen-bond acceptors (Lipinski definition) is 0. The van der Waals surface area contributed by atoms with Gasteiger partial charge in [-0.25, -0.2) is 0 Å². The van der Waals surface area contributed by atoms with Gasteiger partial charge in [0.05, 0.1) is 0 Å². The van der Waals surface area contributed by atoms with Gasteiger partial charge in [-0.3, -0.25) is 0 Å². The average molecular weight is 262 g/mol. The molecule has 0 aliphatic rings. The topological polar surface area (TPSA) is 0 Å². The first-order valence-corrected chi connectivity index (χ1v) is 7.98. The quantitative estimate of drug-likeness (QED) is 0.379. The van der Waals surface area contributed by atoms with Gasteiger partial charge in [0, 0.05) is 0 Å². The minimum absolute atomic E-state index is 0. The molecule has 0 aromatic carbocycles. The van der Waals surface area contributed by atoms with Crippen molar-refractivity contribution in [3.63, 3.8) is 0 Å². The maximum atomic E-state index is 2.56. The van der Waals surface area contributed by atoms with E-state index in [-0.39, 0.29) is 40.0 Å². The molecule has 0 fully saturated rings. The molecular formula is C9H21BrMgSi. The zero-order valence-electron chi connectivity index (χ0n) is 8.99. The van der Waals surface area contributed by atoms with E-state index in [0.717, 1.165) is 0 Å². The van der Waals surface area contributed by atoms with E-state index in [1.165, 1.54) is 25.7 Å². The SMILES string of the molecule is CCCCC[CH-][Si](C)(C)C.[Br-].[Mg+2]. The van der Waals surface area contributed by atoms with E-state index < -0.39 is 8.07 Å². The standard InChI is InChI=1S/C9H21Si.BrH.Mg/c1-5-6-7-8-9-10(2,3)4;;/h9H,5-8H2,1-4H3;1H;/q-1;;+2/p-1. The fourth-order valence-electron chi connectivity index (χ4n) is 0.929. The van der Waals surface area contributed by atoms with Crippen LogP contribution in [0.2, 0.25) is 19.6 Å². The van der Waals surface area contributed by atoms with Crippen molar-refractivity contribution in [2.75, 3.05) is 0 Å². The fraction of sp³-hybridized carbons (Fsp3) is 0.889. The summed E-state index contributed by atoms with van der Waals surface area (Å²) in [6.45, 7) is 9.46. The van der Waals surface area contributed by atoms with Gasteiger partial charge in [0.2, 0.25) is 0 Å². The van der Waals surface area contributed by atoms with Crippen LogP contribution < -0.4 is 17.0 Å². The largest absolute Gasteiger partial charge is 2.00 e. The number of unbranched alkanes of at least 4 members (excludes halogenated alkanes) is 3. The molecule has 0 aliphatic carbocycles. The first-order chi connectivity index (χ1) is 4.56. The normalized spacial score (nSPS) is 10.0. The molecule has 12 heavy (non-hydrogen) atoms. The third-order valence-corrected chi connectivity index (χ3v) is 3.08. The van der Waals surface area contributed by atoms with E-state index in [9.17, 15) is 0 Å². The number of hydrogen-bond donors (Lipinski definition) is 0. The van der Waals surface area contributed by atoms with Crippen LogP contribution >= 0.6 is 0 Å². The molecule has 0 spiro atoms. The van der Waals surface area contributed by atoms with E-state index in [4.69, 9.17) is 0 Å². The monoisotopic (exact) mass is 260 g/mol. The number of rotatable bonds is 5. The summed E-state index contributed by atoms with van der Waals surface area (Å²) in [7, 11) is -0.832. The molecule has 70 valence electrons. The van der Waals surface area contributed by atoms with Crippen LogP contribution in [-0.2, 0) is 0 Å². The Kier molecular flexibility index (Phi) is 16.8. The van der Waals surface area contributed by atoms with E-state index in [1.54, 1.807) is 0 Å². The Morgan fingerprint density at radius 2 is 1.58 bits per heavy atom. The van der Waals surface area contributed by atoms with Gasteiger partial charge in [0.1, 0.15) is 0 Å². The van der Waals surface area contributed by atoms with Gasteiger partial charge in [-0.1, -0.05) is 45.8 Å². The summed E-state index contributed by atoms with van der Waals surface area (Å²) in [6.07, 6.45) is 5.50. The van der Waals surface area contributed by atoms with Gasteiger partial charge >= 0.3 is 23.1 Å².